The van der Waals surface area contributed by atoms with E-state index in [-0.39, 0.29) is 42.6 Å². The summed E-state index contributed by atoms with van der Waals surface area (Å²) in [5.41, 5.74) is -0.505. The Hall–Kier alpha value is -1.12. The van der Waals surface area contributed by atoms with Gasteiger partial charge in [-0.15, -0.1) is 0 Å². The molecule has 2 fully saturated rings. The summed E-state index contributed by atoms with van der Waals surface area (Å²) < 4.78 is 4.59. The number of carbonyl (C=O) groups excluding carboxylic acids is 2. The van der Waals surface area contributed by atoms with E-state index in [0.29, 0.717) is 30.7 Å². The van der Waals surface area contributed by atoms with Gasteiger partial charge in [0.2, 0.25) is 18.1 Å². The molecule has 46 heavy (non-hydrogen) atoms. The zero-order chi connectivity index (χ0) is 35.1. The fourth-order valence-electron chi connectivity index (χ4n) is 8.21. The van der Waals surface area contributed by atoms with Crippen LogP contribution in [0.2, 0.25) is 0 Å². The number of alkyl halides is 1. The monoisotopic (exact) mass is 753 g/mol. The van der Waals surface area contributed by atoms with E-state index in [4.69, 9.17) is 0 Å². The third-order valence-electron chi connectivity index (χ3n) is 12.9. The van der Waals surface area contributed by atoms with Crippen LogP contribution in [0, 0.1) is 27.1 Å². The van der Waals surface area contributed by atoms with Crippen LogP contribution in [-0.4, -0.2) is 54.8 Å². The third kappa shape index (κ3) is 8.72. The third-order valence-corrected chi connectivity index (χ3v) is 13.3. The van der Waals surface area contributed by atoms with Crippen molar-refractivity contribution in [1.82, 2.24) is 14.4 Å². The highest BCUT2D eigenvalue weighted by Crippen LogP contribution is 2.56. The lowest BCUT2D eigenvalue weighted by Crippen LogP contribution is -2.59. The summed E-state index contributed by atoms with van der Waals surface area (Å²) >= 11 is 2.58. The summed E-state index contributed by atoms with van der Waals surface area (Å²) in [5, 5.41) is 0. The molecule has 2 aliphatic heterocycles. The van der Waals surface area contributed by atoms with Crippen LogP contribution < -0.4 is 4.57 Å². The van der Waals surface area contributed by atoms with Crippen LogP contribution in [0.25, 0.3) is 0 Å². The van der Waals surface area contributed by atoms with Gasteiger partial charge in [-0.2, -0.15) is 0 Å². The van der Waals surface area contributed by atoms with Crippen molar-refractivity contribution in [3.63, 3.8) is 0 Å². The number of aryl methyl sites for hydroxylation is 1. The van der Waals surface area contributed by atoms with Crippen molar-refractivity contribution in [3.05, 3.63) is 18.7 Å². The molecular formula is C39H70IN4O2+. The van der Waals surface area contributed by atoms with E-state index in [1.807, 2.05) is 0 Å². The van der Waals surface area contributed by atoms with Gasteiger partial charge in [0.25, 0.3) is 0 Å². The molecule has 3 heterocycles. The zero-order valence-electron chi connectivity index (χ0n) is 32.2. The second-order valence-corrected chi connectivity index (χ2v) is 22.0. The second-order valence-electron chi connectivity index (χ2n) is 19.1. The smallest absolute Gasteiger partial charge is 0.243 e. The Labute approximate surface area is 297 Å². The molecule has 0 N–H and O–H groups in total. The van der Waals surface area contributed by atoms with E-state index in [2.05, 4.69) is 157 Å². The highest BCUT2D eigenvalue weighted by atomic mass is 127. The van der Waals surface area contributed by atoms with Crippen molar-refractivity contribution in [2.24, 2.45) is 34.1 Å². The molecule has 0 spiro atoms. The molecule has 6 nitrogen and oxygen atoms in total. The highest BCUT2D eigenvalue weighted by Gasteiger charge is 2.55. The van der Waals surface area contributed by atoms with E-state index in [9.17, 15) is 9.59 Å². The van der Waals surface area contributed by atoms with Gasteiger partial charge in [0.1, 0.15) is 18.4 Å². The number of amides is 2. The molecule has 0 bridgehead atoms. The van der Waals surface area contributed by atoms with Gasteiger partial charge in [-0.25, -0.2) is 9.13 Å². The predicted molar refractivity (Wildman–Crippen MR) is 200 cm³/mol. The molecule has 2 saturated heterocycles. The van der Waals surface area contributed by atoms with Crippen molar-refractivity contribution < 1.29 is 14.2 Å². The van der Waals surface area contributed by atoms with Crippen LogP contribution in [0.5, 0.6) is 0 Å². The molecule has 0 aliphatic carbocycles. The largest absolute Gasteiger partial charge is 0.339 e. The average molecular weight is 754 g/mol. The quantitative estimate of drug-likeness (QED) is 0.115. The molecule has 1 aromatic heterocycles. The lowest BCUT2D eigenvalue weighted by molar-refractivity contribution is -0.671. The number of likely N-dealkylation sites (tertiary alicyclic amines) is 2. The van der Waals surface area contributed by atoms with Gasteiger partial charge < -0.3 is 9.80 Å². The minimum Gasteiger partial charge on any atom is -0.339 e. The Morgan fingerprint density at radius 1 is 0.674 bits per heavy atom. The van der Waals surface area contributed by atoms with Gasteiger partial charge in [0.15, 0.2) is 0 Å². The maximum absolute atomic E-state index is 13.6. The minimum atomic E-state index is -0.176. The van der Waals surface area contributed by atoms with Crippen LogP contribution in [0.3, 0.4) is 0 Å². The van der Waals surface area contributed by atoms with E-state index >= 15 is 0 Å². The molecule has 7 heteroatoms. The molecule has 1 aromatic rings. The number of carbonyl (C=O) groups is 2. The second kappa shape index (κ2) is 14.0. The number of nitrogens with zero attached hydrogens (tertiary/aromatic N) is 4. The standard InChI is InChI=1S/C39H70IN4O2/c1-34(2,3)29(42-24-23-41(14)28-42)25-35(4,5)38(10,11)30(44-22-18-20-33(44)46)26-36(6,7)39(12,13)31(27-37(8,9)40)43-21-17-15-16-19-32(43)45/h23-24,28-31H,15-22,25-27H2,1-14H3/q+1. The Morgan fingerprint density at radius 3 is 1.57 bits per heavy atom. The van der Waals surface area contributed by atoms with Crippen LogP contribution >= 0.6 is 22.6 Å². The van der Waals surface area contributed by atoms with Gasteiger partial charge in [-0.3, -0.25) is 9.59 Å². The lowest BCUT2D eigenvalue weighted by Gasteiger charge is -2.57. The molecular weight excluding hydrogens is 683 g/mol. The Balaban J connectivity index is 2.07. The Kier molecular flexibility index (Phi) is 12.0. The van der Waals surface area contributed by atoms with Gasteiger partial charge >= 0.3 is 0 Å². The Morgan fingerprint density at radius 2 is 1.13 bits per heavy atom. The van der Waals surface area contributed by atoms with Gasteiger partial charge in [-0.1, -0.05) is 119 Å². The van der Waals surface area contributed by atoms with Gasteiger partial charge in [0.05, 0.1) is 7.05 Å². The fourth-order valence-corrected chi connectivity index (χ4v) is 8.63. The number of imidazole rings is 1. The molecule has 264 valence electrons. The molecule has 0 saturated carbocycles. The maximum Gasteiger partial charge on any atom is 0.243 e. The first-order valence-corrected chi connectivity index (χ1v) is 19.2. The number of aromatic nitrogens is 2. The first-order valence-electron chi connectivity index (χ1n) is 18.1. The summed E-state index contributed by atoms with van der Waals surface area (Å²) in [6.07, 6.45) is 14.9. The van der Waals surface area contributed by atoms with Crippen molar-refractivity contribution in [3.8, 4) is 0 Å². The van der Waals surface area contributed by atoms with Crippen LogP contribution in [0.15, 0.2) is 18.7 Å². The zero-order valence-corrected chi connectivity index (χ0v) is 34.4. The summed E-state index contributed by atoms with van der Waals surface area (Å²) in [5.74, 6) is 0.631. The number of rotatable bonds is 13. The Bertz CT molecular complexity index is 1200. The van der Waals surface area contributed by atoms with Gasteiger partial charge in [-0.05, 0) is 60.2 Å². The molecule has 3 atom stereocenters. The van der Waals surface area contributed by atoms with E-state index in [1.165, 1.54) is 0 Å². The van der Waals surface area contributed by atoms with Gasteiger partial charge in [0, 0.05) is 46.9 Å². The van der Waals surface area contributed by atoms with Crippen LogP contribution in [0.4, 0.5) is 0 Å². The van der Waals surface area contributed by atoms with Crippen LogP contribution in [0.1, 0.15) is 154 Å². The van der Waals surface area contributed by atoms with E-state index in [1.54, 1.807) is 0 Å². The highest BCUT2D eigenvalue weighted by molar-refractivity contribution is 14.1. The first-order chi connectivity index (χ1) is 20.8. The molecule has 2 aliphatic rings. The molecule has 0 radical (unpaired) electrons. The summed E-state index contributed by atoms with van der Waals surface area (Å²) in [6, 6.07) is 0.527. The van der Waals surface area contributed by atoms with Crippen LogP contribution in [-0.2, 0) is 16.6 Å². The normalized spacial score (nSPS) is 20.2. The average Bonchev–Trinajstić information content (AvgIpc) is 3.46. The SMILES string of the molecule is C[n+]1ccn(C(CC(C)(C)C(C)(C)C(CC(C)(C)C(C)(C)C(CC(C)(C)I)N2CCCCCC2=O)N2CCCC2=O)C(C)(C)C)c1. The fraction of sp³-hybridized carbons (Fsp3) is 0.872. The lowest BCUT2D eigenvalue weighted by atomic mass is 9.53. The van der Waals surface area contributed by atoms with Crippen molar-refractivity contribution in [1.29, 1.82) is 0 Å². The van der Waals surface area contributed by atoms with Crippen molar-refractivity contribution in [2.45, 2.75) is 169 Å². The number of hydrogen-bond acceptors (Lipinski definition) is 2. The number of halogens is 1. The molecule has 3 unspecified atom stereocenters. The topological polar surface area (TPSA) is 49.4 Å². The molecule has 2 amide bonds. The van der Waals surface area contributed by atoms with E-state index < -0.39 is 0 Å². The van der Waals surface area contributed by atoms with Crippen molar-refractivity contribution in [2.75, 3.05) is 13.1 Å². The summed E-state index contributed by atoms with van der Waals surface area (Å²) in [7, 11) is 2.09. The first kappa shape index (κ1) is 39.3. The maximum atomic E-state index is 13.6. The summed E-state index contributed by atoms with van der Waals surface area (Å²) in [6.45, 7) is 32.8. The summed E-state index contributed by atoms with van der Waals surface area (Å²) in [4.78, 5) is 31.8. The van der Waals surface area contributed by atoms with Crippen molar-refractivity contribution >= 4 is 34.4 Å². The molecule has 3 rings (SSSR count). The van der Waals surface area contributed by atoms with E-state index in [0.717, 1.165) is 58.0 Å². The predicted octanol–water partition coefficient (Wildman–Crippen LogP) is 9.15. The minimum absolute atomic E-state index is 0.0605. The number of hydrogen-bond donors (Lipinski definition) is 0. The molecule has 0 aromatic carbocycles.